The summed E-state index contributed by atoms with van der Waals surface area (Å²) >= 11 is 0. The van der Waals surface area contributed by atoms with Gasteiger partial charge in [0.15, 0.2) is 27.1 Å². The normalized spacial score (nSPS) is 20.1. The van der Waals surface area contributed by atoms with Gasteiger partial charge in [-0.3, -0.25) is 0 Å². The number of benzene rings is 2. The minimum atomic E-state index is -3.40. The molecule has 39 heavy (non-hydrogen) atoms. The summed E-state index contributed by atoms with van der Waals surface area (Å²) in [6.45, 7) is 3.55. The first-order valence-electron chi connectivity index (χ1n) is 13.1. The van der Waals surface area contributed by atoms with Gasteiger partial charge in [0.25, 0.3) is 0 Å². The molecule has 202 valence electrons. The Balaban J connectivity index is 1.22. The van der Waals surface area contributed by atoms with Crippen LogP contribution >= 0.6 is 0 Å². The van der Waals surface area contributed by atoms with E-state index >= 15 is 0 Å². The van der Waals surface area contributed by atoms with Crippen LogP contribution in [0.15, 0.2) is 70.2 Å². The molecule has 0 radical (unpaired) electrons. The Morgan fingerprint density at radius 3 is 2.46 bits per heavy atom. The number of nitrogens with two attached hydrogens (primary N) is 1. The predicted molar refractivity (Wildman–Crippen MR) is 147 cm³/mol. The highest BCUT2D eigenvalue weighted by Crippen LogP contribution is 2.31. The molecule has 0 spiro atoms. The molecule has 4 heterocycles. The summed E-state index contributed by atoms with van der Waals surface area (Å²) in [5.74, 6) is 0.608. The van der Waals surface area contributed by atoms with Crippen LogP contribution in [0, 0.1) is 0 Å². The summed E-state index contributed by atoms with van der Waals surface area (Å²) < 4.78 is 37.2. The van der Waals surface area contributed by atoms with Crippen LogP contribution in [0.3, 0.4) is 0 Å². The van der Waals surface area contributed by atoms with Gasteiger partial charge in [-0.2, -0.15) is 0 Å². The van der Waals surface area contributed by atoms with Crippen LogP contribution in [0.1, 0.15) is 24.4 Å². The minimum Gasteiger partial charge on any atom is -0.382 e. The molecular weight excluding hydrogens is 516 g/mol. The highest BCUT2D eigenvalue weighted by Gasteiger charge is 2.29. The average Bonchev–Trinajstić information content (AvgIpc) is 3.49. The van der Waals surface area contributed by atoms with Gasteiger partial charge in [0.05, 0.1) is 41.3 Å². The van der Waals surface area contributed by atoms with Crippen molar-refractivity contribution in [1.29, 1.82) is 0 Å². The van der Waals surface area contributed by atoms with Gasteiger partial charge in [-0.15, -0.1) is 0 Å². The second kappa shape index (κ2) is 10.9. The number of rotatable bonds is 6. The van der Waals surface area contributed by atoms with Gasteiger partial charge in [0.2, 0.25) is 0 Å². The first-order chi connectivity index (χ1) is 19.0. The van der Waals surface area contributed by atoms with Crippen LogP contribution in [-0.4, -0.2) is 61.6 Å². The lowest BCUT2D eigenvalue weighted by molar-refractivity contribution is 0.0769. The molecular formula is C28H30N6O4S. The Labute approximate surface area is 226 Å². The lowest BCUT2D eigenvalue weighted by Gasteiger charge is -2.24. The molecule has 0 saturated carbocycles. The zero-order valence-electron chi connectivity index (χ0n) is 21.3. The van der Waals surface area contributed by atoms with Gasteiger partial charge in [0, 0.05) is 30.3 Å². The summed E-state index contributed by atoms with van der Waals surface area (Å²) in [7, 11) is -3.40. The number of morpholine rings is 1. The Bertz CT molecular complexity index is 1540. The quantitative estimate of drug-likeness (QED) is 0.329. The number of nitrogen functional groups attached to an aromatic ring is 1. The van der Waals surface area contributed by atoms with Gasteiger partial charge in [-0.25, -0.2) is 18.4 Å². The van der Waals surface area contributed by atoms with Crippen LogP contribution in [0.2, 0.25) is 0 Å². The zero-order valence-corrected chi connectivity index (χ0v) is 22.2. The molecule has 2 fully saturated rings. The monoisotopic (exact) mass is 546 g/mol. The molecule has 6 rings (SSSR count). The number of aromatic nitrogens is 3. The lowest BCUT2D eigenvalue weighted by atomic mass is 10.0. The van der Waals surface area contributed by atoms with Crippen molar-refractivity contribution in [3.63, 3.8) is 0 Å². The fourth-order valence-corrected chi connectivity index (χ4v) is 6.71. The minimum absolute atomic E-state index is 0.178. The first kappa shape index (κ1) is 25.6. The molecule has 2 saturated heterocycles. The summed E-state index contributed by atoms with van der Waals surface area (Å²) in [6.07, 6.45) is 3.08. The molecule has 10 nitrogen and oxygen atoms in total. The van der Waals surface area contributed by atoms with E-state index < -0.39 is 15.1 Å². The van der Waals surface area contributed by atoms with E-state index in [0.717, 1.165) is 42.8 Å². The molecule has 0 unspecified atom stereocenters. The molecule has 11 heteroatoms. The molecule has 2 atom stereocenters. The van der Waals surface area contributed by atoms with Gasteiger partial charge in [-0.05, 0) is 37.1 Å². The van der Waals surface area contributed by atoms with Gasteiger partial charge in [-0.1, -0.05) is 41.6 Å². The van der Waals surface area contributed by atoms with Crippen molar-refractivity contribution in [3.8, 4) is 34.0 Å². The fraction of sp³-hybridized carbons (Fsp3) is 0.321. The van der Waals surface area contributed by atoms with Gasteiger partial charge < -0.3 is 25.6 Å². The third-order valence-corrected chi connectivity index (χ3v) is 9.45. The Morgan fingerprint density at radius 2 is 1.74 bits per heavy atom. The topological polar surface area (TPSA) is 145 Å². The van der Waals surface area contributed by atoms with Crippen LogP contribution in [0.5, 0.6) is 0 Å². The second-order valence-corrected chi connectivity index (χ2v) is 12.0. The first-order valence-corrected chi connectivity index (χ1v) is 14.6. The van der Waals surface area contributed by atoms with E-state index in [-0.39, 0.29) is 11.9 Å². The number of piperidine rings is 1. The molecule has 4 aromatic rings. The molecule has 0 aliphatic carbocycles. The molecule has 2 aromatic carbocycles. The van der Waals surface area contributed by atoms with Crippen molar-refractivity contribution in [3.05, 3.63) is 66.4 Å². The maximum Gasteiger partial charge on any atom is 0.189 e. The molecule has 2 aromatic heterocycles. The number of nitrogens with one attached hydrogen (secondary N) is 2. The van der Waals surface area contributed by atoms with Crippen molar-refractivity contribution in [2.24, 2.45) is 0 Å². The van der Waals surface area contributed by atoms with Crippen molar-refractivity contribution < 1.29 is 17.7 Å². The van der Waals surface area contributed by atoms with E-state index in [1.807, 2.05) is 12.1 Å². The molecule has 0 amide bonds. The Kier molecular flexibility index (Phi) is 7.13. The number of sulfone groups is 1. The number of anilines is 1. The predicted octanol–water partition coefficient (Wildman–Crippen LogP) is 3.23. The maximum absolute atomic E-state index is 13.0. The smallest absolute Gasteiger partial charge is 0.189 e. The van der Waals surface area contributed by atoms with Crippen LogP contribution in [0.4, 0.5) is 5.82 Å². The molecule has 2 aliphatic heterocycles. The van der Waals surface area contributed by atoms with E-state index in [0.29, 0.717) is 47.3 Å². The van der Waals surface area contributed by atoms with Crippen LogP contribution in [0.25, 0.3) is 34.0 Å². The number of nitrogens with zero attached hydrogens (tertiary/aromatic N) is 3. The van der Waals surface area contributed by atoms with E-state index in [4.69, 9.17) is 15.0 Å². The largest absolute Gasteiger partial charge is 0.382 e. The second-order valence-electron chi connectivity index (χ2n) is 9.81. The highest BCUT2D eigenvalue weighted by atomic mass is 32.2. The van der Waals surface area contributed by atoms with Crippen LogP contribution in [-0.2, 0) is 14.6 Å². The molecule has 4 N–H and O–H groups in total. The van der Waals surface area contributed by atoms with E-state index in [2.05, 4.69) is 37.9 Å². The summed E-state index contributed by atoms with van der Waals surface area (Å²) in [5, 5.41) is 10.4. The summed E-state index contributed by atoms with van der Waals surface area (Å²) in [4.78, 5) is 9.28. The SMILES string of the molecule is Nc1ncc(-c2ccc(S(=O)(=O)[C@@H]3CCCNC3)cc2)nc1-c1cc(-c2ccc([C@@H]3COCCN3)cc2)no1. The Hall–Kier alpha value is -3.64. The third-order valence-electron chi connectivity index (χ3n) is 7.24. The van der Waals surface area contributed by atoms with Crippen molar-refractivity contribution in [1.82, 2.24) is 25.8 Å². The highest BCUT2D eigenvalue weighted by molar-refractivity contribution is 7.92. The lowest BCUT2D eigenvalue weighted by Crippen LogP contribution is -2.38. The number of hydrogen-bond acceptors (Lipinski definition) is 10. The molecule has 0 bridgehead atoms. The van der Waals surface area contributed by atoms with Crippen molar-refractivity contribution in [2.75, 3.05) is 38.6 Å². The molecule has 2 aliphatic rings. The van der Waals surface area contributed by atoms with E-state index in [1.54, 1.807) is 36.5 Å². The number of hydrogen-bond donors (Lipinski definition) is 3. The van der Waals surface area contributed by atoms with Crippen molar-refractivity contribution in [2.45, 2.75) is 29.0 Å². The van der Waals surface area contributed by atoms with Gasteiger partial charge >= 0.3 is 0 Å². The summed E-state index contributed by atoms with van der Waals surface area (Å²) in [6, 6.07) is 16.8. The van der Waals surface area contributed by atoms with E-state index in [1.165, 1.54) is 0 Å². The fourth-order valence-electron chi connectivity index (χ4n) is 5.00. The van der Waals surface area contributed by atoms with E-state index in [9.17, 15) is 8.42 Å². The number of ether oxygens (including phenoxy) is 1. The van der Waals surface area contributed by atoms with Gasteiger partial charge in [0.1, 0.15) is 5.69 Å². The standard InChI is InChI=1S/C28H30N6O4S/c29-28-27(26-14-23(34-38-26)18-3-5-20(6-4-18)25-17-37-13-12-31-25)33-24(16-32-28)19-7-9-21(10-8-19)39(35,36)22-2-1-11-30-15-22/h3-10,14,16,22,25,30-31H,1-2,11-13,15,17H2,(H2,29,32)/t22-,25+/m1/s1. The van der Waals surface area contributed by atoms with Crippen LogP contribution < -0.4 is 16.4 Å². The Morgan fingerprint density at radius 1 is 0.974 bits per heavy atom. The zero-order chi connectivity index (χ0) is 26.8. The third kappa shape index (κ3) is 5.30. The summed E-state index contributed by atoms with van der Waals surface area (Å²) in [5.41, 5.74) is 10.5. The maximum atomic E-state index is 13.0. The average molecular weight is 547 g/mol. The van der Waals surface area contributed by atoms with Crippen molar-refractivity contribution >= 4 is 15.7 Å².